The molecule has 0 aliphatic carbocycles. The fourth-order valence-electron chi connectivity index (χ4n) is 0.895. The number of carbonyl (C=O) groups is 2. The zero-order valence-electron chi connectivity index (χ0n) is 8.51. The smallest absolute Gasteiger partial charge is 0.220 e. The third kappa shape index (κ3) is 11.1. The van der Waals surface area contributed by atoms with E-state index in [1.807, 2.05) is 20.8 Å². The van der Waals surface area contributed by atoms with Crippen LogP contribution in [0.2, 0.25) is 0 Å². The van der Waals surface area contributed by atoms with Crippen LogP contribution in [0.25, 0.3) is 0 Å². The second kappa shape index (κ2) is 11.1. The van der Waals surface area contributed by atoms with Gasteiger partial charge in [0.05, 0.1) is 0 Å². The van der Waals surface area contributed by atoms with Crippen molar-refractivity contribution in [3.63, 3.8) is 0 Å². The molecule has 1 unspecified atom stereocenters. The summed E-state index contributed by atoms with van der Waals surface area (Å²) in [6, 6.07) is 0. The van der Waals surface area contributed by atoms with E-state index in [1.54, 1.807) is 0 Å². The largest absolute Gasteiger partial charge is 0.369 e. The number of hydrogen-bond acceptors (Lipinski definition) is 3. The summed E-state index contributed by atoms with van der Waals surface area (Å²) in [6.45, 7) is 4.90. The Labute approximate surface area is 79.9 Å². The number of unbranched alkanes of at least 4 members (excludes halogenated alkanes) is 1. The maximum atomic E-state index is 10.6. The molecule has 4 heteroatoms. The average molecular weight is 188 g/mol. The lowest BCUT2D eigenvalue weighted by molar-refractivity contribution is -0.121. The molecular weight excluding hydrogens is 168 g/mol. The van der Waals surface area contributed by atoms with Gasteiger partial charge in [0, 0.05) is 5.92 Å². The molecule has 4 nitrogen and oxygen atoms in total. The topological polar surface area (TPSA) is 72.2 Å². The molecule has 0 aromatic heterocycles. The van der Waals surface area contributed by atoms with Gasteiger partial charge in [-0.15, -0.1) is 0 Å². The van der Waals surface area contributed by atoms with Gasteiger partial charge in [0.15, 0.2) is 0 Å². The molecule has 0 aromatic rings. The maximum absolute atomic E-state index is 10.6. The van der Waals surface area contributed by atoms with Crippen LogP contribution in [-0.4, -0.2) is 26.3 Å². The van der Waals surface area contributed by atoms with Gasteiger partial charge in [-0.3, -0.25) is 4.79 Å². The highest BCUT2D eigenvalue weighted by atomic mass is 16.1. The summed E-state index contributed by atoms with van der Waals surface area (Å²) in [5, 5.41) is 3.05. The van der Waals surface area contributed by atoms with Crippen LogP contribution >= 0.6 is 0 Å². The number of nitrogens with two attached hydrogens (primary N) is 1. The molecule has 0 saturated heterocycles. The molecule has 0 saturated carbocycles. The molecule has 0 radical (unpaired) electrons. The second-order valence-corrected chi connectivity index (χ2v) is 2.90. The van der Waals surface area contributed by atoms with Crippen molar-refractivity contribution >= 4 is 12.7 Å². The van der Waals surface area contributed by atoms with E-state index in [-0.39, 0.29) is 11.8 Å². The molecular formula is C9H20N2O2. The number of nitrogens with one attached hydrogen (secondary N) is 1. The summed E-state index contributed by atoms with van der Waals surface area (Å²) in [6.07, 6.45) is 3.11. The van der Waals surface area contributed by atoms with Crippen molar-refractivity contribution in [1.29, 1.82) is 0 Å². The van der Waals surface area contributed by atoms with E-state index in [1.165, 1.54) is 0 Å². The van der Waals surface area contributed by atoms with Crippen molar-refractivity contribution in [2.24, 2.45) is 11.7 Å². The number of amides is 1. The average Bonchev–Trinajstić information content (AvgIpc) is 2.15. The van der Waals surface area contributed by atoms with Crippen LogP contribution in [0.3, 0.4) is 0 Å². The first-order chi connectivity index (χ1) is 6.18. The van der Waals surface area contributed by atoms with Gasteiger partial charge in [-0.05, 0) is 26.4 Å². The third-order valence-corrected chi connectivity index (χ3v) is 1.80. The Hall–Kier alpha value is -0.900. The van der Waals surface area contributed by atoms with Gasteiger partial charge in [-0.1, -0.05) is 13.3 Å². The van der Waals surface area contributed by atoms with Crippen LogP contribution in [0.5, 0.6) is 0 Å². The zero-order chi connectivity index (χ0) is 10.7. The summed E-state index contributed by atoms with van der Waals surface area (Å²) >= 11 is 0. The van der Waals surface area contributed by atoms with Crippen LogP contribution < -0.4 is 11.1 Å². The van der Waals surface area contributed by atoms with Gasteiger partial charge in [-0.25, -0.2) is 0 Å². The SMILES string of the molecule is C=O.CNCCCCC(C)C(N)=O. The van der Waals surface area contributed by atoms with Gasteiger partial charge in [0.2, 0.25) is 5.91 Å². The Balaban J connectivity index is 0. The third-order valence-electron chi connectivity index (χ3n) is 1.80. The lowest BCUT2D eigenvalue weighted by atomic mass is 10.0. The molecule has 1 atom stereocenters. The monoisotopic (exact) mass is 188 g/mol. The van der Waals surface area contributed by atoms with Crippen molar-refractivity contribution in [2.75, 3.05) is 13.6 Å². The molecule has 0 fully saturated rings. The highest BCUT2D eigenvalue weighted by Crippen LogP contribution is 2.05. The molecule has 13 heavy (non-hydrogen) atoms. The van der Waals surface area contributed by atoms with E-state index < -0.39 is 0 Å². The molecule has 0 heterocycles. The Morgan fingerprint density at radius 1 is 1.46 bits per heavy atom. The van der Waals surface area contributed by atoms with Crippen molar-refractivity contribution in [2.45, 2.75) is 26.2 Å². The summed E-state index contributed by atoms with van der Waals surface area (Å²) in [7, 11) is 1.93. The minimum atomic E-state index is -0.186. The predicted octanol–water partition coefficient (Wildman–Crippen LogP) is 0.313. The molecule has 0 aliphatic heterocycles. The normalized spacial score (nSPS) is 11.2. The summed E-state index contributed by atoms with van der Waals surface area (Å²) in [4.78, 5) is 18.6. The van der Waals surface area contributed by atoms with E-state index >= 15 is 0 Å². The first-order valence-electron chi connectivity index (χ1n) is 4.41. The van der Waals surface area contributed by atoms with Gasteiger partial charge in [-0.2, -0.15) is 0 Å². The number of rotatable bonds is 6. The highest BCUT2D eigenvalue weighted by molar-refractivity contribution is 5.76. The first kappa shape index (κ1) is 14.6. The molecule has 0 rings (SSSR count). The summed E-state index contributed by atoms with van der Waals surface area (Å²) in [5.41, 5.74) is 5.10. The minimum absolute atomic E-state index is 0.0341. The lowest BCUT2D eigenvalue weighted by Crippen LogP contribution is -2.20. The van der Waals surface area contributed by atoms with E-state index in [0.29, 0.717) is 0 Å². The number of carbonyl (C=O) groups excluding carboxylic acids is 2. The van der Waals surface area contributed by atoms with Crippen LogP contribution in [-0.2, 0) is 9.59 Å². The Bertz CT molecular complexity index is 129. The van der Waals surface area contributed by atoms with E-state index in [9.17, 15) is 4.79 Å². The van der Waals surface area contributed by atoms with Crippen molar-refractivity contribution < 1.29 is 9.59 Å². The van der Waals surface area contributed by atoms with Crippen LogP contribution in [0.4, 0.5) is 0 Å². The maximum Gasteiger partial charge on any atom is 0.220 e. The zero-order valence-corrected chi connectivity index (χ0v) is 8.51. The quantitative estimate of drug-likeness (QED) is 0.589. The first-order valence-corrected chi connectivity index (χ1v) is 4.41. The molecule has 0 aliphatic rings. The molecule has 78 valence electrons. The summed E-state index contributed by atoms with van der Waals surface area (Å²) < 4.78 is 0. The number of hydrogen-bond donors (Lipinski definition) is 2. The fraction of sp³-hybridized carbons (Fsp3) is 0.778. The van der Waals surface area contributed by atoms with Crippen LogP contribution in [0.1, 0.15) is 26.2 Å². The van der Waals surface area contributed by atoms with Gasteiger partial charge in [0.1, 0.15) is 6.79 Å². The van der Waals surface area contributed by atoms with E-state index in [0.717, 1.165) is 25.8 Å². The van der Waals surface area contributed by atoms with Gasteiger partial charge < -0.3 is 15.8 Å². The number of primary amides is 1. The molecule has 3 N–H and O–H groups in total. The molecule has 1 amide bonds. The predicted molar refractivity (Wildman–Crippen MR) is 53.3 cm³/mol. The molecule has 0 aromatic carbocycles. The highest BCUT2D eigenvalue weighted by Gasteiger charge is 2.06. The minimum Gasteiger partial charge on any atom is -0.369 e. The van der Waals surface area contributed by atoms with Crippen LogP contribution in [0, 0.1) is 5.92 Å². The molecule has 0 bridgehead atoms. The molecule has 0 spiro atoms. The van der Waals surface area contributed by atoms with Gasteiger partial charge >= 0.3 is 0 Å². The Morgan fingerprint density at radius 2 is 2.00 bits per heavy atom. The van der Waals surface area contributed by atoms with Crippen molar-refractivity contribution in [1.82, 2.24) is 5.32 Å². The summed E-state index contributed by atoms with van der Waals surface area (Å²) in [5.74, 6) is -0.152. The second-order valence-electron chi connectivity index (χ2n) is 2.90. The van der Waals surface area contributed by atoms with E-state index in [4.69, 9.17) is 10.5 Å². The van der Waals surface area contributed by atoms with Crippen molar-refractivity contribution in [3.05, 3.63) is 0 Å². The fourth-order valence-corrected chi connectivity index (χ4v) is 0.895. The standard InChI is InChI=1S/C8H18N2O.CH2O/c1-7(8(9)11)5-3-4-6-10-2;1-2/h7,10H,3-6H2,1-2H3,(H2,9,11);1H2. The van der Waals surface area contributed by atoms with Gasteiger partial charge in [0.25, 0.3) is 0 Å². The Kier molecular flexibility index (Phi) is 12.5. The van der Waals surface area contributed by atoms with Crippen molar-refractivity contribution in [3.8, 4) is 0 Å². The van der Waals surface area contributed by atoms with Crippen LogP contribution in [0.15, 0.2) is 0 Å². The van der Waals surface area contributed by atoms with E-state index in [2.05, 4.69) is 5.32 Å². The Morgan fingerprint density at radius 3 is 2.38 bits per heavy atom. The lowest BCUT2D eigenvalue weighted by Gasteiger charge is -2.05.